The molecule has 0 saturated heterocycles. The highest BCUT2D eigenvalue weighted by molar-refractivity contribution is 7.98. The Bertz CT molecular complexity index is 1070. The monoisotopic (exact) mass is 443 g/mol. The Morgan fingerprint density at radius 2 is 1.80 bits per heavy atom. The summed E-state index contributed by atoms with van der Waals surface area (Å²) in [5, 5.41) is 2.68. The van der Waals surface area contributed by atoms with Gasteiger partial charge in [-0.3, -0.25) is 9.78 Å². The number of thioether (sulfide) groups is 1. The summed E-state index contributed by atoms with van der Waals surface area (Å²) in [5.41, 5.74) is 1.72. The van der Waals surface area contributed by atoms with E-state index in [4.69, 9.17) is 4.74 Å². The molecule has 9 heteroatoms. The summed E-state index contributed by atoms with van der Waals surface area (Å²) in [7, 11) is -2.29. The van der Waals surface area contributed by atoms with Crippen LogP contribution in [0.4, 0.5) is 5.69 Å². The van der Waals surface area contributed by atoms with Crippen LogP contribution in [0.5, 0.6) is 5.75 Å². The second-order valence-corrected chi connectivity index (χ2v) is 9.04. The highest BCUT2D eigenvalue weighted by Gasteiger charge is 2.15. The topological polar surface area (TPSA) is 97.4 Å². The zero-order chi connectivity index (χ0) is 21.4. The van der Waals surface area contributed by atoms with Crippen molar-refractivity contribution in [1.29, 1.82) is 0 Å². The standard InChI is InChI=1S/C21H21N3O4S2/c1-28-18-6-10-20(11-7-18)30(26,27)23-14-21(25)24-17-4-8-19(9-5-17)29-15-16-3-2-12-22-13-16/h2-13,23H,14-15H2,1H3,(H,24,25). The number of carbonyl (C=O) groups is 1. The number of hydrogen-bond acceptors (Lipinski definition) is 6. The second kappa shape index (κ2) is 10.2. The van der Waals surface area contributed by atoms with Gasteiger partial charge < -0.3 is 10.1 Å². The minimum absolute atomic E-state index is 0.0612. The lowest BCUT2D eigenvalue weighted by atomic mass is 10.3. The molecule has 0 aliphatic heterocycles. The van der Waals surface area contributed by atoms with Crippen LogP contribution in [-0.2, 0) is 20.6 Å². The van der Waals surface area contributed by atoms with E-state index < -0.39 is 15.9 Å². The maximum atomic E-state index is 12.3. The number of nitrogens with one attached hydrogen (secondary N) is 2. The maximum Gasteiger partial charge on any atom is 0.241 e. The van der Waals surface area contributed by atoms with Gasteiger partial charge in [0, 0.05) is 28.7 Å². The molecular formula is C21H21N3O4S2. The lowest BCUT2D eigenvalue weighted by Gasteiger charge is -2.09. The SMILES string of the molecule is COc1ccc(S(=O)(=O)NCC(=O)Nc2ccc(SCc3cccnc3)cc2)cc1. The highest BCUT2D eigenvalue weighted by Crippen LogP contribution is 2.24. The third kappa shape index (κ3) is 6.31. The molecule has 1 amide bonds. The van der Waals surface area contributed by atoms with E-state index >= 15 is 0 Å². The van der Waals surface area contributed by atoms with Crippen LogP contribution in [-0.4, -0.2) is 33.0 Å². The molecule has 0 radical (unpaired) electrons. The molecule has 30 heavy (non-hydrogen) atoms. The lowest BCUT2D eigenvalue weighted by molar-refractivity contribution is -0.115. The second-order valence-electron chi connectivity index (χ2n) is 6.22. The van der Waals surface area contributed by atoms with Gasteiger partial charge in [-0.1, -0.05) is 6.07 Å². The first-order valence-corrected chi connectivity index (χ1v) is 11.5. The molecule has 3 aromatic rings. The summed E-state index contributed by atoms with van der Waals surface area (Å²) >= 11 is 1.66. The summed E-state index contributed by atoms with van der Waals surface area (Å²) in [4.78, 5) is 17.3. The van der Waals surface area contributed by atoms with Gasteiger partial charge in [0.05, 0.1) is 18.6 Å². The molecule has 2 N–H and O–H groups in total. The number of benzene rings is 2. The van der Waals surface area contributed by atoms with E-state index in [2.05, 4.69) is 15.0 Å². The Morgan fingerprint density at radius 1 is 1.07 bits per heavy atom. The first kappa shape index (κ1) is 21.8. The van der Waals surface area contributed by atoms with E-state index in [0.29, 0.717) is 11.4 Å². The fraction of sp³-hybridized carbons (Fsp3) is 0.143. The Kier molecular flexibility index (Phi) is 7.45. The fourth-order valence-corrected chi connectivity index (χ4v) is 4.30. The molecule has 0 atom stereocenters. The zero-order valence-corrected chi connectivity index (χ0v) is 17.9. The van der Waals surface area contributed by atoms with E-state index in [0.717, 1.165) is 16.2 Å². The smallest absolute Gasteiger partial charge is 0.241 e. The van der Waals surface area contributed by atoms with E-state index in [1.165, 1.54) is 19.2 Å². The van der Waals surface area contributed by atoms with Crippen molar-refractivity contribution in [3.8, 4) is 5.75 Å². The maximum absolute atomic E-state index is 12.3. The number of amides is 1. The third-order valence-corrected chi connectivity index (χ3v) is 6.56. The minimum atomic E-state index is -3.79. The summed E-state index contributed by atoms with van der Waals surface area (Å²) < 4.78 is 31.9. The van der Waals surface area contributed by atoms with Crippen LogP contribution in [0.3, 0.4) is 0 Å². The van der Waals surface area contributed by atoms with Gasteiger partial charge in [-0.25, -0.2) is 13.1 Å². The number of anilines is 1. The normalized spacial score (nSPS) is 11.1. The van der Waals surface area contributed by atoms with Crippen molar-refractivity contribution in [2.45, 2.75) is 15.5 Å². The number of nitrogens with zero attached hydrogens (tertiary/aromatic N) is 1. The molecular weight excluding hydrogens is 422 g/mol. The predicted octanol–water partition coefficient (Wildman–Crippen LogP) is 3.30. The molecule has 1 heterocycles. The van der Waals surface area contributed by atoms with Gasteiger partial charge in [-0.2, -0.15) is 0 Å². The van der Waals surface area contributed by atoms with Crippen molar-refractivity contribution in [3.63, 3.8) is 0 Å². The van der Waals surface area contributed by atoms with Crippen LogP contribution < -0.4 is 14.8 Å². The number of hydrogen-bond donors (Lipinski definition) is 2. The third-order valence-electron chi connectivity index (χ3n) is 4.06. The molecule has 0 aliphatic carbocycles. The largest absolute Gasteiger partial charge is 0.497 e. The zero-order valence-electron chi connectivity index (χ0n) is 16.2. The van der Waals surface area contributed by atoms with Gasteiger partial charge in [0.25, 0.3) is 0 Å². The average molecular weight is 444 g/mol. The van der Waals surface area contributed by atoms with Crippen molar-refractivity contribution in [3.05, 3.63) is 78.6 Å². The number of carbonyl (C=O) groups excluding carboxylic acids is 1. The lowest BCUT2D eigenvalue weighted by Crippen LogP contribution is -2.32. The number of methoxy groups -OCH3 is 1. The van der Waals surface area contributed by atoms with Gasteiger partial charge in [0.2, 0.25) is 15.9 Å². The molecule has 0 aliphatic rings. The van der Waals surface area contributed by atoms with Crippen molar-refractivity contribution in [2.24, 2.45) is 0 Å². The highest BCUT2D eigenvalue weighted by atomic mass is 32.2. The van der Waals surface area contributed by atoms with E-state index in [1.807, 2.05) is 30.5 Å². The summed E-state index contributed by atoms with van der Waals surface area (Å²) in [5.74, 6) is 0.892. The first-order chi connectivity index (χ1) is 14.5. The Hall–Kier alpha value is -2.88. The first-order valence-electron chi connectivity index (χ1n) is 9.01. The van der Waals surface area contributed by atoms with Gasteiger partial charge in [-0.15, -0.1) is 11.8 Å². The van der Waals surface area contributed by atoms with Crippen LogP contribution in [0.1, 0.15) is 5.56 Å². The number of sulfonamides is 1. The molecule has 0 fully saturated rings. The predicted molar refractivity (Wildman–Crippen MR) is 117 cm³/mol. The molecule has 1 aromatic heterocycles. The van der Waals surface area contributed by atoms with Crippen molar-refractivity contribution in [1.82, 2.24) is 9.71 Å². The van der Waals surface area contributed by atoms with E-state index in [9.17, 15) is 13.2 Å². The Morgan fingerprint density at radius 3 is 2.43 bits per heavy atom. The van der Waals surface area contributed by atoms with Crippen LogP contribution >= 0.6 is 11.8 Å². The van der Waals surface area contributed by atoms with E-state index in [1.54, 1.807) is 42.2 Å². The number of ether oxygens (including phenoxy) is 1. The molecule has 7 nitrogen and oxygen atoms in total. The summed E-state index contributed by atoms with van der Waals surface area (Å²) in [6.45, 7) is -0.369. The summed E-state index contributed by atoms with van der Waals surface area (Å²) in [6.07, 6.45) is 3.57. The van der Waals surface area contributed by atoms with Crippen molar-refractivity contribution < 1.29 is 17.9 Å². The molecule has 0 spiro atoms. The van der Waals surface area contributed by atoms with Gasteiger partial charge in [0.1, 0.15) is 5.75 Å². The molecule has 2 aromatic carbocycles. The van der Waals surface area contributed by atoms with E-state index in [-0.39, 0.29) is 11.4 Å². The molecule has 156 valence electrons. The fourth-order valence-electron chi connectivity index (χ4n) is 2.49. The minimum Gasteiger partial charge on any atom is -0.497 e. The molecule has 3 rings (SSSR count). The van der Waals surface area contributed by atoms with Crippen LogP contribution in [0.2, 0.25) is 0 Å². The number of aromatic nitrogens is 1. The average Bonchev–Trinajstić information content (AvgIpc) is 2.78. The van der Waals surface area contributed by atoms with Crippen molar-refractivity contribution in [2.75, 3.05) is 19.0 Å². The van der Waals surface area contributed by atoms with Crippen LogP contribution in [0.15, 0.2) is 82.8 Å². The Labute approximate surface area is 179 Å². The molecule has 0 bridgehead atoms. The van der Waals surface area contributed by atoms with Gasteiger partial charge in [0.15, 0.2) is 0 Å². The number of rotatable bonds is 9. The quantitative estimate of drug-likeness (QED) is 0.493. The van der Waals surface area contributed by atoms with Gasteiger partial charge in [-0.05, 0) is 60.2 Å². The van der Waals surface area contributed by atoms with Crippen LogP contribution in [0.25, 0.3) is 0 Å². The molecule has 0 saturated carbocycles. The van der Waals surface area contributed by atoms with Crippen molar-refractivity contribution >= 4 is 33.4 Å². The van der Waals surface area contributed by atoms with Gasteiger partial charge >= 0.3 is 0 Å². The van der Waals surface area contributed by atoms with Crippen LogP contribution in [0, 0.1) is 0 Å². The number of pyridine rings is 1. The molecule has 0 unspecified atom stereocenters. The summed E-state index contributed by atoms with van der Waals surface area (Å²) in [6, 6.07) is 17.2. The Balaban J connectivity index is 1.49.